The summed E-state index contributed by atoms with van der Waals surface area (Å²) in [7, 11) is -3.42. The fraction of sp³-hybridized carbons (Fsp3) is 0.381. The molecule has 0 heterocycles. The molecule has 0 radical (unpaired) electrons. The van der Waals surface area contributed by atoms with Crippen molar-refractivity contribution in [3.63, 3.8) is 0 Å². The molecule has 2 rings (SSSR count). The molecule has 2 aromatic rings. The van der Waals surface area contributed by atoms with Gasteiger partial charge in [0, 0.05) is 24.4 Å². The maximum absolute atomic E-state index is 12.3. The molecule has 1 N–H and O–H groups in total. The second-order valence-corrected chi connectivity index (χ2v) is 9.48. The first-order chi connectivity index (χ1) is 13.3. The molecule has 0 bridgehead atoms. The minimum atomic E-state index is -3.42. The summed E-state index contributed by atoms with van der Waals surface area (Å²) in [4.78, 5) is 13.1. The van der Waals surface area contributed by atoms with E-state index in [1.807, 2.05) is 54.8 Å². The highest BCUT2D eigenvalue weighted by molar-refractivity contribution is 7.99. The van der Waals surface area contributed by atoms with Crippen LogP contribution in [-0.2, 0) is 14.8 Å². The minimum absolute atomic E-state index is 0.0608. The van der Waals surface area contributed by atoms with E-state index in [0.717, 1.165) is 4.90 Å². The third-order valence-electron chi connectivity index (χ3n) is 4.49. The number of sulfonamides is 1. The molecule has 1 unspecified atom stereocenters. The van der Waals surface area contributed by atoms with Gasteiger partial charge in [-0.2, -0.15) is 0 Å². The Balaban J connectivity index is 1.89. The summed E-state index contributed by atoms with van der Waals surface area (Å²) in [5.41, 5.74) is 1.84. The molecule has 0 aliphatic rings. The van der Waals surface area contributed by atoms with Crippen LogP contribution in [0.2, 0.25) is 0 Å². The molecule has 2 aromatic carbocycles. The number of carbonyl (C=O) groups excluding carboxylic acids is 1. The SMILES string of the molecule is CSc1ccccc1N(CCCC(=O)NCC(C)c1ccccc1)S(C)(=O)=O. The highest BCUT2D eigenvalue weighted by Gasteiger charge is 2.20. The van der Waals surface area contributed by atoms with Crippen molar-refractivity contribution in [2.75, 3.05) is 29.9 Å². The van der Waals surface area contributed by atoms with Crippen LogP contribution in [0.25, 0.3) is 0 Å². The molecule has 1 amide bonds. The number of nitrogens with one attached hydrogen (secondary N) is 1. The Hall–Kier alpha value is -1.99. The van der Waals surface area contributed by atoms with Crippen LogP contribution in [-0.4, -0.2) is 39.9 Å². The summed E-state index contributed by atoms with van der Waals surface area (Å²) in [5.74, 6) is 0.167. The van der Waals surface area contributed by atoms with Crippen molar-refractivity contribution >= 4 is 33.4 Å². The van der Waals surface area contributed by atoms with Crippen molar-refractivity contribution in [3.8, 4) is 0 Å². The van der Waals surface area contributed by atoms with Crippen molar-refractivity contribution < 1.29 is 13.2 Å². The lowest BCUT2D eigenvalue weighted by atomic mass is 10.0. The summed E-state index contributed by atoms with van der Waals surface area (Å²) >= 11 is 1.50. The van der Waals surface area contributed by atoms with E-state index >= 15 is 0 Å². The summed E-state index contributed by atoms with van der Waals surface area (Å²) in [6, 6.07) is 17.4. The number of hydrogen-bond donors (Lipinski definition) is 1. The zero-order valence-corrected chi connectivity index (χ0v) is 18.2. The van der Waals surface area contributed by atoms with E-state index in [0.29, 0.717) is 18.7 Å². The number of nitrogens with zero attached hydrogens (tertiary/aromatic N) is 1. The second kappa shape index (κ2) is 10.5. The van der Waals surface area contributed by atoms with Gasteiger partial charge >= 0.3 is 0 Å². The molecule has 1 atom stereocenters. The molecular weight excluding hydrogens is 392 g/mol. The van der Waals surface area contributed by atoms with Gasteiger partial charge in [0.1, 0.15) is 0 Å². The van der Waals surface area contributed by atoms with Crippen LogP contribution in [0.5, 0.6) is 0 Å². The Morgan fingerprint density at radius 3 is 2.39 bits per heavy atom. The van der Waals surface area contributed by atoms with Crippen LogP contribution in [0, 0.1) is 0 Å². The lowest BCUT2D eigenvalue weighted by Crippen LogP contribution is -2.33. The normalized spacial score (nSPS) is 12.4. The average Bonchev–Trinajstić information content (AvgIpc) is 2.69. The van der Waals surface area contributed by atoms with Gasteiger partial charge in [-0.05, 0) is 36.3 Å². The molecule has 0 aromatic heterocycles. The van der Waals surface area contributed by atoms with E-state index in [1.54, 1.807) is 6.07 Å². The predicted molar refractivity (Wildman–Crippen MR) is 118 cm³/mol. The number of benzene rings is 2. The number of amides is 1. The molecule has 0 saturated heterocycles. The van der Waals surface area contributed by atoms with Crippen molar-refractivity contribution in [2.24, 2.45) is 0 Å². The van der Waals surface area contributed by atoms with Gasteiger partial charge in [-0.15, -0.1) is 11.8 Å². The fourth-order valence-corrected chi connectivity index (χ4v) is 4.58. The zero-order chi connectivity index (χ0) is 20.6. The number of anilines is 1. The van der Waals surface area contributed by atoms with Gasteiger partial charge < -0.3 is 5.32 Å². The molecule has 0 spiro atoms. The summed E-state index contributed by atoms with van der Waals surface area (Å²) in [5, 5.41) is 2.94. The van der Waals surface area contributed by atoms with E-state index in [4.69, 9.17) is 0 Å². The highest BCUT2D eigenvalue weighted by Crippen LogP contribution is 2.30. The summed E-state index contributed by atoms with van der Waals surface area (Å²) in [6.45, 7) is 2.91. The average molecular weight is 421 g/mol. The van der Waals surface area contributed by atoms with Gasteiger partial charge in [0.05, 0.1) is 11.9 Å². The monoisotopic (exact) mass is 420 g/mol. The Kier molecular flexibility index (Phi) is 8.38. The molecule has 0 aliphatic carbocycles. The number of hydrogen-bond acceptors (Lipinski definition) is 4. The number of para-hydroxylation sites is 1. The Morgan fingerprint density at radius 2 is 1.75 bits per heavy atom. The molecule has 7 heteroatoms. The summed E-state index contributed by atoms with van der Waals surface area (Å²) in [6.07, 6.45) is 3.86. The Morgan fingerprint density at radius 1 is 1.11 bits per heavy atom. The largest absolute Gasteiger partial charge is 0.356 e. The van der Waals surface area contributed by atoms with Crippen LogP contribution in [0.3, 0.4) is 0 Å². The van der Waals surface area contributed by atoms with Crippen LogP contribution in [0.4, 0.5) is 5.69 Å². The molecule has 152 valence electrons. The first kappa shape index (κ1) is 22.3. The lowest BCUT2D eigenvalue weighted by Gasteiger charge is -2.24. The number of carbonyl (C=O) groups is 1. The van der Waals surface area contributed by atoms with Gasteiger partial charge in [0.2, 0.25) is 15.9 Å². The fourth-order valence-electron chi connectivity index (χ4n) is 2.94. The second-order valence-electron chi connectivity index (χ2n) is 6.73. The van der Waals surface area contributed by atoms with Crippen LogP contribution < -0.4 is 9.62 Å². The van der Waals surface area contributed by atoms with Gasteiger partial charge in [-0.1, -0.05) is 49.4 Å². The molecular formula is C21H28N2O3S2. The Bertz CT molecular complexity index is 870. The van der Waals surface area contributed by atoms with Gasteiger partial charge in [0.25, 0.3) is 0 Å². The zero-order valence-electron chi connectivity index (χ0n) is 16.6. The molecule has 0 fully saturated rings. The van der Waals surface area contributed by atoms with Crippen molar-refractivity contribution in [3.05, 3.63) is 60.2 Å². The maximum atomic E-state index is 12.3. The van der Waals surface area contributed by atoms with Gasteiger partial charge in [-0.3, -0.25) is 9.10 Å². The van der Waals surface area contributed by atoms with E-state index in [9.17, 15) is 13.2 Å². The molecule has 0 saturated carbocycles. The van der Waals surface area contributed by atoms with E-state index < -0.39 is 10.0 Å². The highest BCUT2D eigenvalue weighted by atomic mass is 32.2. The topological polar surface area (TPSA) is 66.5 Å². The van der Waals surface area contributed by atoms with Crippen molar-refractivity contribution in [2.45, 2.75) is 30.6 Å². The van der Waals surface area contributed by atoms with Crippen LogP contribution in [0.1, 0.15) is 31.2 Å². The smallest absolute Gasteiger partial charge is 0.232 e. The summed E-state index contributed by atoms with van der Waals surface area (Å²) < 4.78 is 25.9. The first-order valence-corrected chi connectivity index (χ1v) is 12.3. The standard InChI is InChI=1S/C21H28N2O3S2/c1-17(18-10-5-4-6-11-18)16-22-21(24)14-9-15-23(28(3,25)26)19-12-7-8-13-20(19)27-2/h4-8,10-13,17H,9,14-16H2,1-3H3,(H,22,24). The minimum Gasteiger partial charge on any atom is -0.356 e. The van der Waals surface area contributed by atoms with Crippen LogP contribution in [0.15, 0.2) is 59.5 Å². The van der Waals surface area contributed by atoms with E-state index in [-0.39, 0.29) is 24.8 Å². The van der Waals surface area contributed by atoms with Gasteiger partial charge in [0.15, 0.2) is 0 Å². The first-order valence-electron chi connectivity index (χ1n) is 9.25. The third-order valence-corrected chi connectivity index (χ3v) is 6.46. The molecule has 28 heavy (non-hydrogen) atoms. The number of thioether (sulfide) groups is 1. The van der Waals surface area contributed by atoms with Crippen molar-refractivity contribution in [1.29, 1.82) is 0 Å². The Labute approximate surface area is 172 Å². The lowest BCUT2D eigenvalue weighted by molar-refractivity contribution is -0.121. The third kappa shape index (κ3) is 6.56. The number of rotatable bonds is 10. The van der Waals surface area contributed by atoms with Crippen molar-refractivity contribution in [1.82, 2.24) is 5.32 Å². The molecule has 5 nitrogen and oxygen atoms in total. The predicted octanol–water partition coefficient (Wildman–Crippen LogP) is 3.87. The van der Waals surface area contributed by atoms with E-state index in [2.05, 4.69) is 12.2 Å². The van der Waals surface area contributed by atoms with E-state index in [1.165, 1.54) is 27.9 Å². The maximum Gasteiger partial charge on any atom is 0.232 e. The quantitative estimate of drug-likeness (QED) is 0.593. The molecule has 0 aliphatic heterocycles. The van der Waals surface area contributed by atoms with Gasteiger partial charge in [-0.25, -0.2) is 8.42 Å². The van der Waals surface area contributed by atoms with Crippen LogP contribution >= 0.6 is 11.8 Å².